The van der Waals surface area contributed by atoms with E-state index in [4.69, 9.17) is 5.11 Å². The molecule has 0 atom stereocenters. The smallest absolute Gasteiger partial charge is 0.303 e. The van der Waals surface area contributed by atoms with Gasteiger partial charge < -0.3 is 5.11 Å². The molecule has 2 heteroatoms. The van der Waals surface area contributed by atoms with E-state index < -0.39 is 5.97 Å². The van der Waals surface area contributed by atoms with Crippen LogP contribution in [0.25, 0.3) is 0 Å². The van der Waals surface area contributed by atoms with Crippen molar-refractivity contribution in [3.8, 4) is 0 Å². The van der Waals surface area contributed by atoms with Gasteiger partial charge in [-0.1, -0.05) is 50.3 Å². The van der Waals surface area contributed by atoms with Crippen LogP contribution in [0, 0.1) is 0 Å². The van der Waals surface area contributed by atoms with Crippen LogP contribution in [0.3, 0.4) is 0 Å². The first-order chi connectivity index (χ1) is 9.77. The zero-order valence-electron chi connectivity index (χ0n) is 13.0. The van der Waals surface area contributed by atoms with Crippen molar-refractivity contribution >= 4 is 5.97 Å². The van der Waals surface area contributed by atoms with E-state index >= 15 is 0 Å². The van der Waals surface area contributed by atoms with Crippen molar-refractivity contribution in [2.75, 3.05) is 0 Å². The predicted octanol–water partition coefficient (Wildman–Crippen LogP) is 5.88. The van der Waals surface area contributed by atoms with Crippen LogP contribution in [0.1, 0.15) is 83.5 Å². The Morgan fingerprint density at radius 2 is 1.20 bits per heavy atom. The molecule has 116 valence electrons. The summed E-state index contributed by atoms with van der Waals surface area (Å²) in [4.78, 5) is 10.3. The Morgan fingerprint density at radius 1 is 0.750 bits per heavy atom. The molecule has 0 aliphatic heterocycles. The Kier molecular flexibility index (Phi) is 15.2. The number of carboxylic acid groups (broad SMARTS) is 1. The molecule has 0 heterocycles. The topological polar surface area (TPSA) is 37.3 Å². The Morgan fingerprint density at radius 3 is 1.70 bits per heavy atom. The van der Waals surface area contributed by atoms with E-state index in [0.29, 0.717) is 6.42 Å². The molecule has 2 nitrogen and oxygen atoms in total. The highest BCUT2D eigenvalue weighted by Gasteiger charge is 1.95. The van der Waals surface area contributed by atoms with E-state index in [1.807, 2.05) is 6.08 Å². The van der Waals surface area contributed by atoms with Gasteiger partial charge in [-0.15, -0.1) is 6.58 Å². The standard InChI is InChI=1S/C18H32O2/c1-2-3-4-5-6-7-8-9-10-11-12-13-14-15-16-17-18(19)20/h2,9-10H,1,3-8,11-17H2,(H,19,20). The van der Waals surface area contributed by atoms with Crippen LogP contribution in [0.4, 0.5) is 0 Å². The van der Waals surface area contributed by atoms with Gasteiger partial charge in [0.1, 0.15) is 0 Å². The van der Waals surface area contributed by atoms with Gasteiger partial charge >= 0.3 is 5.97 Å². The van der Waals surface area contributed by atoms with Crippen molar-refractivity contribution in [1.29, 1.82) is 0 Å². The predicted molar refractivity (Wildman–Crippen MR) is 87.0 cm³/mol. The van der Waals surface area contributed by atoms with Gasteiger partial charge in [0, 0.05) is 6.42 Å². The number of hydrogen-bond acceptors (Lipinski definition) is 1. The molecule has 0 radical (unpaired) electrons. The van der Waals surface area contributed by atoms with Crippen molar-refractivity contribution in [1.82, 2.24) is 0 Å². The first kappa shape index (κ1) is 18.9. The Balaban J connectivity index is 3.08. The molecular weight excluding hydrogens is 248 g/mol. The number of carboxylic acids is 1. The molecule has 0 saturated carbocycles. The lowest BCUT2D eigenvalue weighted by molar-refractivity contribution is -0.137. The van der Waals surface area contributed by atoms with Crippen LogP contribution >= 0.6 is 0 Å². The third-order valence-electron chi connectivity index (χ3n) is 3.46. The summed E-state index contributed by atoms with van der Waals surface area (Å²) >= 11 is 0. The summed E-state index contributed by atoms with van der Waals surface area (Å²) < 4.78 is 0. The van der Waals surface area contributed by atoms with Crippen LogP contribution < -0.4 is 0 Å². The number of carbonyl (C=O) groups is 1. The second-order valence-corrected chi connectivity index (χ2v) is 5.45. The molecule has 0 rings (SSSR count). The molecular formula is C18H32O2. The zero-order chi connectivity index (χ0) is 14.9. The van der Waals surface area contributed by atoms with Crippen LogP contribution in [0.5, 0.6) is 0 Å². The number of aliphatic carboxylic acids is 1. The van der Waals surface area contributed by atoms with Crippen LogP contribution in [-0.2, 0) is 4.79 Å². The van der Waals surface area contributed by atoms with E-state index in [9.17, 15) is 4.79 Å². The number of unbranched alkanes of at least 4 members (excludes halogenated alkanes) is 10. The maximum Gasteiger partial charge on any atom is 0.303 e. The fraction of sp³-hybridized carbons (Fsp3) is 0.722. The van der Waals surface area contributed by atoms with Crippen molar-refractivity contribution in [2.24, 2.45) is 0 Å². The summed E-state index contributed by atoms with van der Waals surface area (Å²) in [5.74, 6) is -0.669. The van der Waals surface area contributed by atoms with Gasteiger partial charge in [-0.2, -0.15) is 0 Å². The highest BCUT2D eigenvalue weighted by atomic mass is 16.4. The van der Waals surface area contributed by atoms with Crippen molar-refractivity contribution in [2.45, 2.75) is 83.5 Å². The maximum absolute atomic E-state index is 10.3. The zero-order valence-corrected chi connectivity index (χ0v) is 13.0. The Labute approximate surface area is 125 Å². The molecule has 0 aromatic carbocycles. The highest BCUT2D eigenvalue weighted by Crippen LogP contribution is 2.09. The Bertz CT molecular complexity index is 256. The van der Waals surface area contributed by atoms with Crippen LogP contribution in [0.2, 0.25) is 0 Å². The molecule has 0 aliphatic carbocycles. The third-order valence-corrected chi connectivity index (χ3v) is 3.46. The lowest BCUT2D eigenvalue weighted by Gasteiger charge is -1.98. The fourth-order valence-electron chi connectivity index (χ4n) is 2.21. The second kappa shape index (κ2) is 16.0. The van der Waals surface area contributed by atoms with Gasteiger partial charge in [0.25, 0.3) is 0 Å². The van der Waals surface area contributed by atoms with Gasteiger partial charge in [0.2, 0.25) is 0 Å². The van der Waals surface area contributed by atoms with Crippen LogP contribution in [-0.4, -0.2) is 11.1 Å². The summed E-state index contributed by atoms with van der Waals surface area (Å²) in [5.41, 5.74) is 0. The highest BCUT2D eigenvalue weighted by molar-refractivity contribution is 5.66. The van der Waals surface area contributed by atoms with Gasteiger partial charge in [-0.05, 0) is 44.9 Å². The molecule has 0 aromatic rings. The molecule has 20 heavy (non-hydrogen) atoms. The first-order valence-corrected chi connectivity index (χ1v) is 8.25. The Hall–Kier alpha value is -1.05. The molecule has 0 spiro atoms. The summed E-state index contributed by atoms with van der Waals surface area (Å²) in [6, 6.07) is 0. The average molecular weight is 280 g/mol. The first-order valence-electron chi connectivity index (χ1n) is 8.25. The van der Waals surface area contributed by atoms with Gasteiger partial charge in [-0.3, -0.25) is 4.79 Å². The second-order valence-electron chi connectivity index (χ2n) is 5.45. The van der Waals surface area contributed by atoms with Crippen molar-refractivity contribution in [3.05, 3.63) is 24.8 Å². The summed E-state index contributed by atoms with van der Waals surface area (Å²) in [6.07, 6.45) is 21.3. The fourth-order valence-corrected chi connectivity index (χ4v) is 2.21. The maximum atomic E-state index is 10.3. The van der Waals surface area contributed by atoms with E-state index in [1.54, 1.807) is 0 Å². The minimum Gasteiger partial charge on any atom is -0.481 e. The third kappa shape index (κ3) is 16.9. The minimum atomic E-state index is -0.669. The van der Waals surface area contributed by atoms with E-state index in [0.717, 1.165) is 19.3 Å². The van der Waals surface area contributed by atoms with E-state index in [1.165, 1.54) is 57.8 Å². The van der Waals surface area contributed by atoms with E-state index in [-0.39, 0.29) is 0 Å². The number of hydrogen-bond donors (Lipinski definition) is 1. The molecule has 0 saturated heterocycles. The lowest BCUT2D eigenvalue weighted by Crippen LogP contribution is -1.93. The van der Waals surface area contributed by atoms with Gasteiger partial charge in [0.05, 0.1) is 0 Å². The molecule has 0 aliphatic rings. The minimum absolute atomic E-state index is 0.326. The summed E-state index contributed by atoms with van der Waals surface area (Å²) in [6.45, 7) is 3.73. The van der Waals surface area contributed by atoms with E-state index in [2.05, 4.69) is 18.7 Å². The average Bonchev–Trinajstić information content (AvgIpc) is 2.43. The van der Waals surface area contributed by atoms with Gasteiger partial charge in [0.15, 0.2) is 0 Å². The summed E-state index contributed by atoms with van der Waals surface area (Å²) in [7, 11) is 0. The quantitative estimate of drug-likeness (QED) is 0.300. The largest absolute Gasteiger partial charge is 0.481 e. The molecule has 0 amide bonds. The monoisotopic (exact) mass is 280 g/mol. The molecule has 1 N–H and O–H groups in total. The van der Waals surface area contributed by atoms with Crippen LogP contribution in [0.15, 0.2) is 24.8 Å². The van der Waals surface area contributed by atoms with Gasteiger partial charge in [-0.25, -0.2) is 0 Å². The normalized spacial score (nSPS) is 11.0. The SMILES string of the molecule is C=CCCCCCCC=CCCCCCCCC(=O)O. The van der Waals surface area contributed by atoms with Crippen molar-refractivity contribution in [3.63, 3.8) is 0 Å². The number of rotatable bonds is 15. The molecule has 0 fully saturated rings. The lowest BCUT2D eigenvalue weighted by atomic mass is 10.1. The summed E-state index contributed by atoms with van der Waals surface area (Å²) in [5, 5.41) is 8.50. The molecule has 0 bridgehead atoms. The molecule has 0 unspecified atom stereocenters. The molecule has 0 aromatic heterocycles. The number of allylic oxidation sites excluding steroid dienone is 3. The van der Waals surface area contributed by atoms with Crippen molar-refractivity contribution < 1.29 is 9.90 Å².